The third-order valence-electron chi connectivity index (χ3n) is 1.87. The zero-order valence-corrected chi connectivity index (χ0v) is 7.78. The summed E-state index contributed by atoms with van der Waals surface area (Å²) in [7, 11) is 0. The van der Waals surface area contributed by atoms with Gasteiger partial charge < -0.3 is 9.80 Å². The highest BCUT2D eigenvalue weighted by Crippen LogP contribution is 2.16. The summed E-state index contributed by atoms with van der Waals surface area (Å²) in [5, 5.41) is 0. The van der Waals surface area contributed by atoms with Crippen LogP contribution < -0.4 is 0 Å². The standard InChI is InChI=1S/C9H17N2/c1-8(2)10-5-6-11(7-10)9(3)4/h5-9H,1-4H3. The number of hydrogen-bond donors (Lipinski definition) is 0. The van der Waals surface area contributed by atoms with E-state index in [-0.39, 0.29) is 0 Å². The van der Waals surface area contributed by atoms with Gasteiger partial charge in [0.2, 0.25) is 0 Å². The SMILES string of the molecule is CC(C)N1[CH]N(C(C)C)C=C1. The van der Waals surface area contributed by atoms with E-state index in [0.29, 0.717) is 12.1 Å². The van der Waals surface area contributed by atoms with Gasteiger partial charge in [0.15, 0.2) is 0 Å². The van der Waals surface area contributed by atoms with Gasteiger partial charge >= 0.3 is 0 Å². The van der Waals surface area contributed by atoms with Crippen LogP contribution >= 0.6 is 0 Å². The Morgan fingerprint density at radius 2 is 1.18 bits per heavy atom. The molecule has 0 aromatic rings. The van der Waals surface area contributed by atoms with Crippen molar-refractivity contribution in [3.8, 4) is 0 Å². The minimum absolute atomic E-state index is 0.565. The lowest BCUT2D eigenvalue weighted by atomic mass is 10.3. The van der Waals surface area contributed by atoms with Crippen molar-refractivity contribution >= 4 is 0 Å². The molecule has 1 aliphatic heterocycles. The summed E-state index contributed by atoms with van der Waals surface area (Å²) >= 11 is 0. The maximum absolute atomic E-state index is 2.21. The van der Waals surface area contributed by atoms with Crippen LogP contribution in [-0.4, -0.2) is 21.9 Å². The molecule has 1 aliphatic rings. The molecular weight excluding hydrogens is 136 g/mol. The predicted molar refractivity (Wildman–Crippen MR) is 47.4 cm³/mol. The van der Waals surface area contributed by atoms with Crippen molar-refractivity contribution in [1.82, 2.24) is 9.80 Å². The molecule has 0 N–H and O–H groups in total. The minimum Gasteiger partial charge on any atom is -0.350 e. The molecule has 0 atom stereocenters. The number of nitrogens with zero attached hydrogens (tertiary/aromatic N) is 2. The molecule has 0 spiro atoms. The van der Waals surface area contributed by atoms with Gasteiger partial charge in [0.05, 0.1) is 0 Å². The van der Waals surface area contributed by atoms with E-state index in [0.717, 1.165) is 0 Å². The maximum atomic E-state index is 2.21. The summed E-state index contributed by atoms with van der Waals surface area (Å²) in [4.78, 5) is 4.42. The molecule has 2 heteroatoms. The largest absolute Gasteiger partial charge is 0.350 e. The summed E-state index contributed by atoms with van der Waals surface area (Å²) in [5.41, 5.74) is 0. The van der Waals surface area contributed by atoms with Crippen LogP contribution in [0.2, 0.25) is 0 Å². The molecule has 1 heterocycles. The smallest absolute Gasteiger partial charge is 0.141 e. The normalized spacial score (nSPS) is 17.6. The lowest BCUT2D eigenvalue weighted by Crippen LogP contribution is -2.28. The van der Waals surface area contributed by atoms with E-state index < -0.39 is 0 Å². The molecule has 0 aliphatic carbocycles. The van der Waals surface area contributed by atoms with Gasteiger partial charge in [-0.25, -0.2) is 0 Å². The third kappa shape index (κ3) is 1.88. The number of rotatable bonds is 2. The Labute approximate surface area is 69.5 Å². The van der Waals surface area contributed by atoms with Gasteiger partial charge in [0, 0.05) is 24.5 Å². The van der Waals surface area contributed by atoms with Crippen LogP contribution in [0.5, 0.6) is 0 Å². The fourth-order valence-electron chi connectivity index (χ4n) is 0.996. The second kappa shape index (κ2) is 3.16. The Morgan fingerprint density at radius 3 is 1.36 bits per heavy atom. The van der Waals surface area contributed by atoms with Crippen molar-refractivity contribution < 1.29 is 0 Å². The van der Waals surface area contributed by atoms with Crippen LogP contribution in [0.15, 0.2) is 12.4 Å². The fraction of sp³-hybridized carbons (Fsp3) is 0.667. The average Bonchev–Trinajstić information content (AvgIpc) is 2.33. The molecule has 0 fully saturated rings. The van der Waals surface area contributed by atoms with Crippen LogP contribution in [-0.2, 0) is 0 Å². The molecule has 0 unspecified atom stereocenters. The first kappa shape index (κ1) is 8.44. The van der Waals surface area contributed by atoms with Gasteiger partial charge in [-0.05, 0) is 27.7 Å². The Balaban J connectivity index is 2.43. The van der Waals surface area contributed by atoms with Gasteiger partial charge in [-0.15, -0.1) is 0 Å². The second-order valence-corrected chi connectivity index (χ2v) is 3.50. The number of hydrogen-bond acceptors (Lipinski definition) is 2. The topological polar surface area (TPSA) is 6.48 Å². The van der Waals surface area contributed by atoms with E-state index in [1.165, 1.54) is 0 Å². The summed E-state index contributed by atoms with van der Waals surface area (Å²) in [6.07, 6.45) is 4.23. The second-order valence-electron chi connectivity index (χ2n) is 3.50. The van der Waals surface area contributed by atoms with E-state index in [1.807, 2.05) is 0 Å². The van der Waals surface area contributed by atoms with E-state index in [1.54, 1.807) is 0 Å². The first-order valence-corrected chi connectivity index (χ1v) is 4.19. The Hall–Kier alpha value is -0.660. The first-order valence-electron chi connectivity index (χ1n) is 4.19. The maximum Gasteiger partial charge on any atom is 0.141 e. The quantitative estimate of drug-likeness (QED) is 0.598. The molecule has 0 saturated heterocycles. The van der Waals surface area contributed by atoms with E-state index in [2.05, 4.69) is 56.6 Å². The van der Waals surface area contributed by atoms with E-state index in [9.17, 15) is 0 Å². The van der Waals surface area contributed by atoms with E-state index >= 15 is 0 Å². The van der Waals surface area contributed by atoms with E-state index in [4.69, 9.17) is 0 Å². The van der Waals surface area contributed by atoms with Gasteiger partial charge in [0.1, 0.15) is 6.67 Å². The van der Waals surface area contributed by atoms with Crippen LogP contribution in [0.4, 0.5) is 0 Å². The first-order chi connectivity index (χ1) is 5.11. The molecule has 0 aromatic heterocycles. The highest BCUT2D eigenvalue weighted by molar-refractivity contribution is 4.99. The van der Waals surface area contributed by atoms with Crippen molar-refractivity contribution in [3.05, 3.63) is 19.1 Å². The van der Waals surface area contributed by atoms with Gasteiger partial charge in [0.25, 0.3) is 0 Å². The van der Waals surface area contributed by atoms with Crippen molar-refractivity contribution in [2.45, 2.75) is 39.8 Å². The lowest BCUT2D eigenvalue weighted by molar-refractivity contribution is 0.273. The molecule has 0 bridgehead atoms. The molecule has 63 valence electrons. The molecule has 2 nitrogen and oxygen atoms in total. The Morgan fingerprint density at radius 1 is 0.818 bits per heavy atom. The molecule has 1 rings (SSSR count). The zero-order valence-electron chi connectivity index (χ0n) is 7.78. The Bertz CT molecular complexity index is 134. The molecule has 0 aromatic carbocycles. The zero-order chi connectivity index (χ0) is 8.43. The monoisotopic (exact) mass is 153 g/mol. The van der Waals surface area contributed by atoms with Gasteiger partial charge in [-0.2, -0.15) is 0 Å². The summed E-state index contributed by atoms with van der Waals surface area (Å²) in [5.74, 6) is 0. The Kier molecular flexibility index (Phi) is 2.42. The molecule has 11 heavy (non-hydrogen) atoms. The average molecular weight is 153 g/mol. The van der Waals surface area contributed by atoms with Gasteiger partial charge in [-0.3, -0.25) is 0 Å². The van der Waals surface area contributed by atoms with Crippen LogP contribution in [0.25, 0.3) is 0 Å². The highest BCUT2D eigenvalue weighted by Gasteiger charge is 2.16. The minimum atomic E-state index is 0.565. The van der Waals surface area contributed by atoms with Gasteiger partial charge in [-0.1, -0.05) is 0 Å². The lowest BCUT2D eigenvalue weighted by Gasteiger charge is -2.25. The third-order valence-corrected chi connectivity index (χ3v) is 1.87. The van der Waals surface area contributed by atoms with Crippen molar-refractivity contribution in [2.75, 3.05) is 0 Å². The van der Waals surface area contributed by atoms with Crippen molar-refractivity contribution in [3.63, 3.8) is 0 Å². The summed E-state index contributed by atoms with van der Waals surface area (Å²) in [6, 6.07) is 1.13. The molecule has 1 radical (unpaired) electrons. The summed E-state index contributed by atoms with van der Waals surface area (Å²) in [6.45, 7) is 10.9. The summed E-state index contributed by atoms with van der Waals surface area (Å²) < 4.78 is 0. The predicted octanol–water partition coefficient (Wildman–Crippen LogP) is 2.01. The van der Waals surface area contributed by atoms with Crippen LogP contribution in [0, 0.1) is 6.67 Å². The highest BCUT2D eigenvalue weighted by atomic mass is 15.4. The van der Waals surface area contributed by atoms with Crippen LogP contribution in [0.1, 0.15) is 27.7 Å². The molecule has 0 saturated carbocycles. The fourth-order valence-corrected chi connectivity index (χ4v) is 0.996. The molecule has 0 amide bonds. The van der Waals surface area contributed by atoms with Crippen molar-refractivity contribution in [2.24, 2.45) is 0 Å². The molecular formula is C9H17N2. The van der Waals surface area contributed by atoms with Crippen LogP contribution in [0.3, 0.4) is 0 Å². The van der Waals surface area contributed by atoms with Crippen molar-refractivity contribution in [1.29, 1.82) is 0 Å².